The molecule has 1 aromatic carbocycles. The zero-order valence-corrected chi connectivity index (χ0v) is 12.0. The van der Waals surface area contributed by atoms with E-state index in [0.717, 1.165) is 22.6 Å². The number of aromatic nitrogens is 2. The lowest BCUT2D eigenvalue weighted by atomic mass is 10.2. The third kappa shape index (κ3) is 3.35. The molecule has 0 saturated heterocycles. The van der Waals surface area contributed by atoms with Crippen molar-refractivity contribution in [1.82, 2.24) is 9.78 Å². The SMILES string of the molecule is Cc1cc(C)n(CC(=O)Nc2ccc(Cl)cc2C)n1. The molecular formula is C14H16ClN3O. The van der Waals surface area contributed by atoms with Crippen molar-refractivity contribution in [3.8, 4) is 0 Å². The minimum atomic E-state index is -0.100. The van der Waals surface area contributed by atoms with Gasteiger partial charge < -0.3 is 5.32 Å². The van der Waals surface area contributed by atoms with Crippen LogP contribution in [-0.4, -0.2) is 15.7 Å². The zero-order valence-electron chi connectivity index (χ0n) is 11.2. The van der Waals surface area contributed by atoms with Crippen molar-refractivity contribution >= 4 is 23.2 Å². The van der Waals surface area contributed by atoms with E-state index in [4.69, 9.17) is 11.6 Å². The van der Waals surface area contributed by atoms with E-state index in [1.807, 2.05) is 32.9 Å². The fourth-order valence-corrected chi connectivity index (χ4v) is 2.15. The van der Waals surface area contributed by atoms with Crippen LogP contribution in [0.25, 0.3) is 0 Å². The van der Waals surface area contributed by atoms with E-state index in [-0.39, 0.29) is 12.5 Å². The lowest BCUT2D eigenvalue weighted by molar-refractivity contribution is -0.116. The van der Waals surface area contributed by atoms with Crippen molar-refractivity contribution in [2.45, 2.75) is 27.3 Å². The molecule has 2 aromatic rings. The highest BCUT2D eigenvalue weighted by atomic mass is 35.5. The Balaban J connectivity index is 2.07. The lowest BCUT2D eigenvalue weighted by Crippen LogP contribution is -2.20. The van der Waals surface area contributed by atoms with Crippen molar-refractivity contribution in [3.63, 3.8) is 0 Å². The van der Waals surface area contributed by atoms with E-state index in [0.29, 0.717) is 5.02 Å². The maximum atomic E-state index is 12.0. The van der Waals surface area contributed by atoms with Crippen LogP contribution in [-0.2, 0) is 11.3 Å². The Bertz CT molecular complexity index is 619. The monoisotopic (exact) mass is 277 g/mol. The summed E-state index contributed by atoms with van der Waals surface area (Å²) in [4.78, 5) is 12.0. The standard InChI is InChI=1S/C14H16ClN3O/c1-9-6-12(15)4-5-13(9)16-14(19)8-18-11(3)7-10(2)17-18/h4-7H,8H2,1-3H3,(H,16,19). The topological polar surface area (TPSA) is 46.9 Å². The number of hydrogen-bond donors (Lipinski definition) is 1. The van der Waals surface area contributed by atoms with Crippen LogP contribution in [0.1, 0.15) is 17.0 Å². The molecule has 0 aliphatic rings. The van der Waals surface area contributed by atoms with E-state index in [9.17, 15) is 4.79 Å². The fraction of sp³-hybridized carbons (Fsp3) is 0.286. The zero-order chi connectivity index (χ0) is 14.0. The molecule has 1 aromatic heterocycles. The number of amides is 1. The molecule has 0 saturated carbocycles. The molecule has 1 N–H and O–H groups in total. The van der Waals surface area contributed by atoms with Crippen LogP contribution >= 0.6 is 11.6 Å². The summed E-state index contributed by atoms with van der Waals surface area (Å²) in [7, 11) is 0. The minimum absolute atomic E-state index is 0.100. The summed E-state index contributed by atoms with van der Waals surface area (Å²) < 4.78 is 1.69. The van der Waals surface area contributed by atoms with Crippen LogP contribution in [0, 0.1) is 20.8 Å². The van der Waals surface area contributed by atoms with Gasteiger partial charge in [-0.25, -0.2) is 0 Å². The largest absolute Gasteiger partial charge is 0.324 e. The van der Waals surface area contributed by atoms with Crippen molar-refractivity contribution in [1.29, 1.82) is 0 Å². The predicted molar refractivity (Wildman–Crippen MR) is 76.5 cm³/mol. The molecule has 100 valence electrons. The number of benzene rings is 1. The van der Waals surface area contributed by atoms with Crippen LogP contribution in [0.3, 0.4) is 0 Å². The number of halogens is 1. The number of carbonyl (C=O) groups is 1. The Labute approximate surface area is 117 Å². The first-order chi connectivity index (χ1) is 8.95. The molecule has 1 heterocycles. The van der Waals surface area contributed by atoms with Gasteiger partial charge in [0.1, 0.15) is 6.54 Å². The van der Waals surface area contributed by atoms with E-state index >= 15 is 0 Å². The Kier molecular flexibility index (Phi) is 3.90. The summed E-state index contributed by atoms with van der Waals surface area (Å²) >= 11 is 5.88. The number of hydrogen-bond acceptors (Lipinski definition) is 2. The molecule has 4 nitrogen and oxygen atoms in total. The highest BCUT2D eigenvalue weighted by Gasteiger charge is 2.08. The molecule has 0 unspecified atom stereocenters. The smallest absolute Gasteiger partial charge is 0.246 e. The molecule has 2 rings (SSSR count). The average Bonchev–Trinajstić information content (AvgIpc) is 2.61. The highest BCUT2D eigenvalue weighted by Crippen LogP contribution is 2.19. The number of rotatable bonds is 3. The third-order valence-electron chi connectivity index (χ3n) is 2.86. The van der Waals surface area contributed by atoms with E-state index in [1.165, 1.54) is 0 Å². The van der Waals surface area contributed by atoms with Gasteiger partial charge in [0.15, 0.2) is 0 Å². The van der Waals surface area contributed by atoms with Gasteiger partial charge in [-0.1, -0.05) is 11.6 Å². The van der Waals surface area contributed by atoms with Gasteiger partial charge in [-0.3, -0.25) is 9.48 Å². The van der Waals surface area contributed by atoms with Crippen LogP contribution in [0.2, 0.25) is 5.02 Å². The van der Waals surface area contributed by atoms with E-state index in [2.05, 4.69) is 10.4 Å². The van der Waals surface area contributed by atoms with Gasteiger partial charge in [0, 0.05) is 16.4 Å². The van der Waals surface area contributed by atoms with Crippen LogP contribution in [0.15, 0.2) is 24.3 Å². The molecule has 5 heteroatoms. The molecule has 0 atom stereocenters. The molecular weight excluding hydrogens is 262 g/mol. The second kappa shape index (κ2) is 5.45. The molecule has 0 bridgehead atoms. The number of nitrogens with zero attached hydrogens (tertiary/aromatic N) is 2. The maximum absolute atomic E-state index is 12.0. The van der Waals surface area contributed by atoms with Crippen LogP contribution < -0.4 is 5.32 Å². The summed E-state index contributed by atoms with van der Waals surface area (Å²) in [6.45, 7) is 5.96. The first kappa shape index (κ1) is 13.6. The number of anilines is 1. The molecule has 0 fully saturated rings. The first-order valence-electron chi connectivity index (χ1n) is 6.03. The number of nitrogens with one attached hydrogen (secondary N) is 1. The molecule has 0 aliphatic heterocycles. The average molecular weight is 278 g/mol. The fourth-order valence-electron chi connectivity index (χ4n) is 1.93. The van der Waals surface area contributed by atoms with Crippen molar-refractivity contribution in [3.05, 3.63) is 46.2 Å². The van der Waals surface area contributed by atoms with Gasteiger partial charge in [0.05, 0.1) is 5.69 Å². The van der Waals surface area contributed by atoms with Crippen molar-refractivity contribution in [2.75, 3.05) is 5.32 Å². The van der Waals surface area contributed by atoms with Gasteiger partial charge in [0.2, 0.25) is 5.91 Å². The summed E-state index contributed by atoms with van der Waals surface area (Å²) in [5.74, 6) is -0.100. The number of carbonyl (C=O) groups excluding carboxylic acids is 1. The normalized spacial score (nSPS) is 10.5. The number of aryl methyl sites for hydroxylation is 3. The van der Waals surface area contributed by atoms with E-state index in [1.54, 1.807) is 16.8 Å². The lowest BCUT2D eigenvalue weighted by Gasteiger charge is -2.09. The second-order valence-corrected chi connectivity index (χ2v) is 5.03. The molecule has 19 heavy (non-hydrogen) atoms. The Morgan fingerprint density at radius 3 is 2.63 bits per heavy atom. The van der Waals surface area contributed by atoms with Crippen LogP contribution in [0.5, 0.6) is 0 Å². The Morgan fingerprint density at radius 2 is 2.05 bits per heavy atom. The summed E-state index contributed by atoms with van der Waals surface area (Å²) in [5, 5.41) is 7.79. The molecule has 0 spiro atoms. The van der Waals surface area contributed by atoms with Gasteiger partial charge in [-0.05, 0) is 50.6 Å². The Hall–Kier alpha value is -1.81. The predicted octanol–water partition coefficient (Wildman–Crippen LogP) is 3.10. The highest BCUT2D eigenvalue weighted by molar-refractivity contribution is 6.30. The van der Waals surface area contributed by atoms with Gasteiger partial charge in [-0.2, -0.15) is 5.10 Å². The minimum Gasteiger partial charge on any atom is -0.324 e. The van der Waals surface area contributed by atoms with Gasteiger partial charge in [0.25, 0.3) is 0 Å². The van der Waals surface area contributed by atoms with Crippen molar-refractivity contribution < 1.29 is 4.79 Å². The molecule has 0 aliphatic carbocycles. The quantitative estimate of drug-likeness (QED) is 0.937. The van der Waals surface area contributed by atoms with E-state index < -0.39 is 0 Å². The van der Waals surface area contributed by atoms with Gasteiger partial charge in [-0.15, -0.1) is 0 Å². The third-order valence-corrected chi connectivity index (χ3v) is 3.09. The molecule has 0 radical (unpaired) electrons. The first-order valence-corrected chi connectivity index (χ1v) is 6.40. The van der Waals surface area contributed by atoms with Crippen LogP contribution in [0.4, 0.5) is 5.69 Å². The summed E-state index contributed by atoms with van der Waals surface area (Å²) in [5.41, 5.74) is 3.60. The summed E-state index contributed by atoms with van der Waals surface area (Å²) in [6, 6.07) is 7.32. The van der Waals surface area contributed by atoms with Gasteiger partial charge >= 0.3 is 0 Å². The molecule has 1 amide bonds. The Morgan fingerprint density at radius 1 is 1.32 bits per heavy atom. The maximum Gasteiger partial charge on any atom is 0.246 e. The second-order valence-electron chi connectivity index (χ2n) is 4.59. The summed E-state index contributed by atoms with van der Waals surface area (Å²) in [6.07, 6.45) is 0. The van der Waals surface area contributed by atoms with Crippen molar-refractivity contribution in [2.24, 2.45) is 0 Å².